The number of furan rings is 1. The summed E-state index contributed by atoms with van der Waals surface area (Å²) in [6.45, 7) is -0.670. The first kappa shape index (κ1) is 20.8. The van der Waals surface area contributed by atoms with Gasteiger partial charge in [0.2, 0.25) is 15.9 Å². The van der Waals surface area contributed by atoms with Crippen molar-refractivity contribution in [2.45, 2.75) is 23.9 Å². The Morgan fingerprint density at radius 1 is 1.36 bits per heavy atom. The Balaban J connectivity index is 1.78. The van der Waals surface area contributed by atoms with E-state index in [1.807, 2.05) is 0 Å². The van der Waals surface area contributed by atoms with Gasteiger partial charge in [-0.15, -0.1) is 0 Å². The molecular formula is C16H18ClN3O6S2. The highest BCUT2D eigenvalue weighted by molar-refractivity contribution is 7.91. The predicted octanol–water partition coefficient (Wildman–Crippen LogP) is 0.822. The minimum Gasteiger partial charge on any atom is -0.468 e. The van der Waals surface area contributed by atoms with E-state index in [0.717, 1.165) is 10.5 Å². The van der Waals surface area contributed by atoms with Crippen LogP contribution in [0, 0.1) is 0 Å². The molecular weight excluding hydrogens is 430 g/mol. The first-order valence-electron chi connectivity index (χ1n) is 8.29. The number of nitrogens with zero attached hydrogens (tertiary/aromatic N) is 2. The number of pyridine rings is 1. The number of sulfone groups is 1. The smallest absolute Gasteiger partial charge is 0.245 e. The summed E-state index contributed by atoms with van der Waals surface area (Å²) in [5.74, 6) is -0.394. The van der Waals surface area contributed by atoms with Gasteiger partial charge < -0.3 is 9.73 Å². The van der Waals surface area contributed by atoms with Crippen LogP contribution >= 0.6 is 11.6 Å². The quantitative estimate of drug-likeness (QED) is 0.622. The van der Waals surface area contributed by atoms with Crippen molar-refractivity contribution in [3.63, 3.8) is 0 Å². The number of hydrogen-bond acceptors (Lipinski definition) is 7. The highest BCUT2D eigenvalue weighted by atomic mass is 35.5. The molecule has 0 spiro atoms. The molecule has 1 atom stereocenters. The van der Waals surface area contributed by atoms with Gasteiger partial charge in [-0.05, 0) is 30.7 Å². The molecule has 0 saturated carbocycles. The van der Waals surface area contributed by atoms with Crippen LogP contribution in [-0.4, -0.2) is 56.1 Å². The fourth-order valence-corrected chi connectivity index (χ4v) is 5.90. The zero-order valence-corrected chi connectivity index (χ0v) is 17.0. The Hall–Kier alpha value is -1.95. The summed E-state index contributed by atoms with van der Waals surface area (Å²) in [6, 6.07) is 5.30. The largest absolute Gasteiger partial charge is 0.468 e. The average molecular weight is 448 g/mol. The molecule has 1 aliphatic heterocycles. The molecule has 0 aliphatic carbocycles. The van der Waals surface area contributed by atoms with E-state index in [9.17, 15) is 21.6 Å². The van der Waals surface area contributed by atoms with E-state index >= 15 is 0 Å². The van der Waals surface area contributed by atoms with Crippen molar-refractivity contribution in [2.75, 3.05) is 18.1 Å². The van der Waals surface area contributed by atoms with Gasteiger partial charge in [0.05, 0.1) is 30.9 Å². The molecule has 1 saturated heterocycles. The van der Waals surface area contributed by atoms with E-state index in [1.54, 1.807) is 12.1 Å². The second-order valence-electron chi connectivity index (χ2n) is 6.34. The summed E-state index contributed by atoms with van der Waals surface area (Å²) in [7, 11) is -7.24. The van der Waals surface area contributed by atoms with Crippen molar-refractivity contribution in [3.8, 4) is 0 Å². The number of aromatic nitrogens is 1. The second kappa shape index (κ2) is 8.19. The summed E-state index contributed by atoms with van der Waals surface area (Å²) in [4.78, 5) is 16.0. The van der Waals surface area contributed by atoms with Gasteiger partial charge in [-0.1, -0.05) is 11.6 Å². The van der Waals surface area contributed by atoms with Crippen molar-refractivity contribution in [1.29, 1.82) is 0 Å². The van der Waals surface area contributed by atoms with Crippen LogP contribution in [0.3, 0.4) is 0 Å². The highest BCUT2D eigenvalue weighted by Crippen LogP contribution is 2.19. The van der Waals surface area contributed by atoms with E-state index in [0.29, 0.717) is 12.2 Å². The molecule has 1 unspecified atom stereocenters. The molecule has 0 radical (unpaired) electrons. The third kappa shape index (κ3) is 5.10. The standard InChI is InChI=1S/C16H18ClN3O6S2/c17-15-4-3-14(8-18-15)28(24,25)20(9-13-2-1-6-26-13)10-16(21)19-12-5-7-27(22,23)11-12/h1-4,6,8,12H,5,7,9-11H2,(H,19,21). The van der Waals surface area contributed by atoms with Gasteiger partial charge >= 0.3 is 0 Å². The summed E-state index contributed by atoms with van der Waals surface area (Å²) < 4.78 is 55.2. The first-order valence-corrected chi connectivity index (χ1v) is 11.9. The number of carbonyl (C=O) groups is 1. The zero-order chi connectivity index (χ0) is 20.4. The molecule has 1 N–H and O–H groups in total. The van der Waals surface area contributed by atoms with Crippen LogP contribution in [0.5, 0.6) is 0 Å². The Bertz CT molecular complexity index is 1040. The SMILES string of the molecule is O=C(CN(Cc1ccco1)S(=O)(=O)c1ccc(Cl)nc1)NC1CCS(=O)(=O)C1. The van der Waals surface area contributed by atoms with Crippen molar-refractivity contribution >= 4 is 37.4 Å². The third-order valence-electron chi connectivity index (χ3n) is 4.17. The van der Waals surface area contributed by atoms with E-state index in [1.165, 1.54) is 18.4 Å². The van der Waals surface area contributed by atoms with Crippen molar-refractivity contribution < 1.29 is 26.0 Å². The second-order valence-corrected chi connectivity index (χ2v) is 10.9. The number of rotatable bonds is 7. The molecule has 2 aromatic heterocycles. The minimum atomic E-state index is -4.07. The van der Waals surface area contributed by atoms with Gasteiger partial charge in [-0.25, -0.2) is 21.8 Å². The molecule has 1 aliphatic rings. The first-order chi connectivity index (χ1) is 13.2. The van der Waals surface area contributed by atoms with Gasteiger partial charge in [-0.3, -0.25) is 4.79 Å². The molecule has 1 fully saturated rings. The molecule has 3 rings (SSSR count). The molecule has 3 heterocycles. The normalized spacial score (nSPS) is 19.0. The fraction of sp³-hybridized carbons (Fsp3) is 0.375. The monoisotopic (exact) mass is 447 g/mol. The van der Waals surface area contributed by atoms with Crippen LogP contribution in [0.4, 0.5) is 0 Å². The Labute approximate surface area is 167 Å². The molecule has 2 aromatic rings. The van der Waals surface area contributed by atoms with Gasteiger partial charge in [0, 0.05) is 12.2 Å². The highest BCUT2D eigenvalue weighted by Gasteiger charge is 2.32. The zero-order valence-electron chi connectivity index (χ0n) is 14.6. The van der Waals surface area contributed by atoms with Crippen LogP contribution in [-0.2, 0) is 31.2 Å². The Morgan fingerprint density at radius 2 is 2.14 bits per heavy atom. The van der Waals surface area contributed by atoms with Gasteiger partial charge in [0.15, 0.2) is 9.84 Å². The Kier molecular flexibility index (Phi) is 6.08. The van der Waals surface area contributed by atoms with Crippen LogP contribution < -0.4 is 5.32 Å². The van der Waals surface area contributed by atoms with E-state index in [-0.39, 0.29) is 28.1 Å². The lowest BCUT2D eigenvalue weighted by atomic mass is 10.2. The molecule has 1 amide bonds. The molecule has 9 nitrogen and oxygen atoms in total. The van der Waals surface area contributed by atoms with Crippen LogP contribution in [0.1, 0.15) is 12.2 Å². The average Bonchev–Trinajstić information content (AvgIpc) is 3.24. The van der Waals surface area contributed by atoms with Crippen molar-refractivity contribution in [2.24, 2.45) is 0 Å². The summed E-state index contributed by atoms with van der Waals surface area (Å²) in [5.41, 5.74) is 0. The lowest BCUT2D eigenvalue weighted by Crippen LogP contribution is -2.44. The third-order valence-corrected chi connectivity index (χ3v) is 7.93. The maximum absolute atomic E-state index is 13.0. The predicted molar refractivity (Wildman–Crippen MR) is 101 cm³/mol. The van der Waals surface area contributed by atoms with Crippen LogP contribution in [0.2, 0.25) is 5.15 Å². The topological polar surface area (TPSA) is 127 Å². The van der Waals surface area contributed by atoms with E-state index in [4.69, 9.17) is 16.0 Å². The number of hydrogen-bond donors (Lipinski definition) is 1. The van der Waals surface area contributed by atoms with Gasteiger partial charge in [0.25, 0.3) is 0 Å². The summed E-state index contributed by atoms with van der Waals surface area (Å²) >= 11 is 5.71. The van der Waals surface area contributed by atoms with E-state index in [2.05, 4.69) is 10.3 Å². The van der Waals surface area contributed by atoms with E-state index < -0.39 is 38.4 Å². The molecule has 0 bridgehead atoms. The van der Waals surface area contributed by atoms with Gasteiger partial charge in [0.1, 0.15) is 15.8 Å². The Morgan fingerprint density at radius 3 is 2.71 bits per heavy atom. The molecule has 12 heteroatoms. The fourth-order valence-electron chi connectivity index (χ4n) is 2.81. The van der Waals surface area contributed by atoms with Crippen LogP contribution in [0.15, 0.2) is 46.0 Å². The summed E-state index contributed by atoms with van der Waals surface area (Å²) in [6.07, 6.45) is 2.81. The van der Waals surface area contributed by atoms with Crippen LogP contribution in [0.25, 0.3) is 0 Å². The summed E-state index contributed by atoms with van der Waals surface area (Å²) in [5, 5.41) is 2.72. The maximum atomic E-state index is 13.0. The van der Waals surface area contributed by atoms with Crippen molar-refractivity contribution in [1.82, 2.24) is 14.6 Å². The molecule has 28 heavy (non-hydrogen) atoms. The maximum Gasteiger partial charge on any atom is 0.245 e. The number of halogens is 1. The lowest BCUT2D eigenvalue weighted by Gasteiger charge is -2.21. The van der Waals surface area contributed by atoms with Gasteiger partial charge in [-0.2, -0.15) is 4.31 Å². The molecule has 0 aromatic carbocycles. The molecule has 152 valence electrons. The number of sulfonamides is 1. The van der Waals surface area contributed by atoms with Crippen molar-refractivity contribution in [3.05, 3.63) is 47.6 Å². The lowest BCUT2D eigenvalue weighted by molar-refractivity contribution is -0.121. The minimum absolute atomic E-state index is 0.00278. The number of carbonyl (C=O) groups excluding carboxylic acids is 1. The number of amides is 1. The number of nitrogens with one attached hydrogen (secondary N) is 1.